The van der Waals surface area contributed by atoms with E-state index in [9.17, 15) is 4.79 Å². The smallest absolute Gasteiger partial charge is 0.170 e. The minimum atomic E-state index is -0.0504. The largest absolute Gasteiger partial charge is 0.398 e. The van der Waals surface area contributed by atoms with E-state index in [4.69, 9.17) is 17.3 Å². The lowest BCUT2D eigenvalue weighted by atomic mass is 10.0. The van der Waals surface area contributed by atoms with Crippen LogP contribution in [0, 0.1) is 0 Å². The van der Waals surface area contributed by atoms with Gasteiger partial charge in [0.05, 0.1) is 22.3 Å². The van der Waals surface area contributed by atoms with Crippen LogP contribution in [0.1, 0.15) is 28.7 Å². The fraction of sp³-hybridized carbons (Fsp3) is 0.286. The maximum Gasteiger partial charge on any atom is 0.170 e. The van der Waals surface area contributed by atoms with Crippen molar-refractivity contribution in [1.82, 2.24) is 9.78 Å². The van der Waals surface area contributed by atoms with Crippen LogP contribution in [0.25, 0.3) is 0 Å². The number of halogens is 2. The van der Waals surface area contributed by atoms with Crippen LogP contribution in [0.15, 0.2) is 22.7 Å². The third-order valence-electron chi connectivity index (χ3n) is 3.14. The number of aryl methyl sites for hydroxylation is 2. The molecule has 1 heterocycles. The average Bonchev–Trinajstić information content (AvgIpc) is 2.66. The Morgan fingerprint density at radius 1 is 1.50 bits per heavy atom. The minimum Gasteiger partial charge on any atom is -0.398 e. The Balaban J connectivity index is 2.30. The molecule has 2 N–H and O–H groups in total. The second-order valence-electron chi connectivity index (χ2n) is 4.52. The van der Waals surface area contributed by atoms with Gasteiger partial charge in [-0.1, -0.05) is 18.5 Å². The fourth-order valence-electron chi connectivity index (χ4n) is 2.05. The van der Waals surface area contributed by atoms with Gasteiger partial charge in [0.2, 0.25) is 0 Å². The predicted octanol–water partition coefficient (Wildman–Crippen LogP) is 3.41. The van der Waals surface area contributed by atoms with Gasteiger partial charge in [0.25, 0.3) is 0 Å². The summed E-state index contributed by atoms with van der Waals surface area (Å²) in [6, 6.07) is 4.91. The van der Waals surface area contributed by atoms with Crippen LogP contribution in [-0.2, 0) is 19.9 Å². The Morgan fingerprint density at radius 2 is 2.20 bits per heavy atom. The normalized spacial score (nSPS) is 10.8. The first-order valence-corrected chi connectivity index (χ1v) is 7.39. The van der Waals surface area contributed by atoms with Crippen molar-refractivity contribution in [3.8, 4) is 0 Å². The van der Waals surface area contributed by atoms with Crippen LogP contribution < -0.4 is 5.73 Å². The molecule has 0 aliphatic heterocycles. The minimum absolute atomic E-state index is 0.0504. The second-order valence-corrected chi connectivity index (χ2v) is 5.75. The quantitative estimate of drug-likeness (QED) is 0.674. The molecule has 0 atom stereocenters. The zero-order chi connectivity index (χ0) is 14.9. The van der Waals surface area contributed by atoms with Gasteiger partial charge in [-0.15, -0.1) is 0 Å². The SMILES string of the molecule is CCc1nn(C)c(CC(=O)c2ccc(Cl)cc2N)c1Br. The number of nitrogens with zero attached hydrogens (tertiary/aromatic N) is 2. The maximum atomic E-state index is 12.4. The number of carbonyl (C=O) groups excluding carboxylic acids is 1. The summed E-state index contributed by atoms with van der Waals surface area (Å²) in [5.41, 5.74) is 8.52. The second kappa shape index (κ2) is 5.97. The molecule has 2 rings (SSSR count). The number of anilines is 1. The van der Waals surface area contributed by atoms with Crippen LogP contribution in [0.4, 0.5) is 5.69 Å². The van der Waals surface area contributed by atoms with Crippen molar-refractivity contribution >= 4 is 39.0 Å². The molecule has 106 valence electrons. The van der Waals surface area contributed by atoms with Crippen molar-refractivity contribution in [2.45, 2.75) is 19.8 Å². The molecule has 0 saturated carbocycles. The molecule has 4 nitrogen and oxygen atoms in total. The van der Waals surface area contributed by atoms with Crippen LogP contribution in [0.2, 0.25) is 5.02 Å². The number of ketones is 1. The monoisotopic (exact) mass is 355 g/mol. The Kier molecular flexibility index (Phi) is 4.50. The third-order valence-corrected chi connectivity index (χ3v) is 4.30. The average molecular weight is 357 g/mol. The number of nitrogens with two attached hydrogens (primary N) is 1. The first-order valence-electron chi connectivity index (χ1n) is 6.22. The van der Waals surface area contributed by atoms with Crippen LogP contribution in [0.5, 0.6) is 0 Å². The number of carbonyl (C=O) groups is 1. The van der Waals surface area contributed by atoms with Crippen molar-refractivity contribution < 1.29 is 4.79 Å². The van der Waals surface area contributed by atoms with E-state index in [-0.39, 0.29) is 12.2 Å². The molecule has 0 unspecified atom stereocenters. The van der Waals surface area contributed by atoms with Gasteiger partial charge in [0, 0.05) is 23.3 Å². The Bertz CT molecular complexity index is 667. The Morgan fingerprint density at radius 3 is 2.75 bits per heavy atom. The molecule has 1 aromatic carbocycles. The summed E-state index contributed by atoms with van der Waals surface area (Å²) >= 11 is 9.35. The van der Waals surface area contributed by atoms with Crippen molar-refractivity contribution in [3.63, 3.8) is 0 Å². The van der Waals surface area contributed by atoms with E-state index < -0.39 is 0 Å². The van der Waals surface area contributed by atoms with Crippen molar-refractivity contribution in [2.24, 2.45) is 7.05 Å². The summed E-state index contributed by atoms with van der Waals surface area (Å²) in [5.74, 6) is -0.0504. The summed E-state index contributed by atoms with van der Waals surface area (Å²) in [4.78, 5) is 12.4. The van der Waals surface area contributed by atoms with Gasteiger partial charge in [0.15, 0.2) is 5.78 Å². The third kappa shape index (κ3) is 2.88. The van der Waals surface area contributed by atoms with E-state index in [1.54, 1.807) is 22.9 Å². The number of hydrogen-bond acceptors (Lipinski definition) is 3. The predicted molar refractivity (Wildman–Crippen MR) is 84.2 cm³/mol. The first-order chi connectivity index (χ1) is 9.43. The zero-order valence-electron chi connectivity index (χ0n) is 11.3. The van der Waals surface area contributed by atoms with Crippen LogP contribution in [-0.4, -0.2) is 15.6 Å². The van der Waals surface area contributed by atoms with Gasteiger partial charge < -0.3 is 5.73 Å². The molecule has 0 radical (unpaired) electrons. The highest BCUT2D eigenvalue weighted by Crippen LogP contribution is 2.25. The van der Waals surface area contributed by atoms with Gasteiger partial charge in [-0.05, 0) is 40.5 Å². The van der Waals surface area contributed by atoms with Crippen LogP contribution >= 0.6 is 27.5 Å². The lowest BCUT2D eigenvalue weighted by Crippen LogP contribution is -2.10. The molecule has 0 fully saturated rings. The number of aromatic nitrogens is 2. The van der Waals surface area contributed by atoms with E-state index in [0.717, 1.165) is 22.3 Å². The molecule has 2 aromatic rings. The molecule has 0 spiro atoms. The molecular formula is C14H15BrClN3O. The zero-order valence-corrected chi connectivity index (χ0v) is 13.6. The molecule has 0 aliphatic carbocycles. The number of nitrogen functional groups attached to an aromatic ring is 1. The van der Waals surface area contributed by atoms with Gasteiger partial charge in [0.1, 0.15) is 0 Å². The van der Waals surface area contributed by atoms with E-state index in [1.807, 2.05) is 14.0 Å². The maximum absolute atomic E-state index is 12.4. The van der Waals surface area contributed by atoms with Crippen molar-refractivity contribution in [1.29, 1.82) is 0 Å². The molecule has 1 aromatic heterocycles. The summed E-state index contributed by atoms with van der Waals surface area (Å²) in [6.45, 7) is 2.02. The summed E-state index contributed by atoms with van der Waals surface area (Å²) in [5, 5.41) is 4.90. The fourth-order valence-corrected chi connectivity index (χ4v) is 2.98. The van der Waals surface area contributed by atoms with Gasteiger partial charge >= 0.3 is 0 Å². The molecule has 0 saturated heterocycles. The van der Waals surface area contributed by atoms with Crippen molar-refractivity contribution in [3.05, 3.63) is 44.6 Å². The molecule has 20 heavy (non-hydrogen) atoms. The number of rotatable bonds is 4. The summed E-state index contributed by atoms with van der Waals surface area (Å²) < 4.78 is 2.62. The number of hydrogen-bond donors (Lipinski definition) is 1. The highest BCUT2D eigenvalue weighted by atomic mass is 79.9. The molecule has 0 bridgehead atoms. The molecular weight excluding hydrogens is 342 g/mol. The van der Waals surface area contributed by atoms with Gasteiger partial charge in [-0.3, -0.25) is 9.48 Å². The Hall–Kier alpha value is -1.33. The van der Waals surface area contributed by atoms with Crippen LogP contribution in [0.3, 0.4) is 0 Å². The van der Waals surface area contributed by atoms with Gasteiger partial charge in [-0.2, -0.15) is 5.10 Å². The lowest BCUT2D eigenvalue weighted by Gasteiger charge is -2.06. The van der Waals surface area contributed by atoms with E-state index >= 15 is 0 Å². The number of benzene rings is 1. The summed E-state index contributed by atoms with van der Waals surface area (Å²) in [7, 11) is 1.83. The summed E-state index contributed by atoms with van der Waals surface area (Å²) in [6.07, 6.45) is 1.06. The molecule has 0 amide bonds. The molecule has 6 heteroatoms. The van der Waals surface area contributed by atoms with Gasteiger partial charge in [-0.25, -0.2) is 0 Å². The number of Topliss-reactive ketones (excluding diaryl/α,β-unsaturated/α-hetero) is 1. The Labute approximate surface area is 131 Å². The van der Waals surface area contributed by atoms with E-state index in [0.29, 0.717) is 16.3 Å². The highest BCUT2D eigenvalue weighted by molar-refractivity contribution is 9.10. The standard InChI is InChI=1S/C14H15BrClN3O/c1-3-11-14(15)12(19(2)18-11)7-13(20)9-5-4-8(16)6-10(9)17/h4-6H,3,7,17H2,1-2H3. The lowest BCUT2D eigenvalue weighted by molar-refractivity contribution is 0.0991. The van der Waals surface area contributed by atoms with E-state index in [2.05, 4.69) is 21.0 Å². The topological polar surface area (TPSA) is 60.9 Å². The molecule has 0 aliphatic rings. The first kappa shape index (κ1) is 15.1. The van der Waals surface area contributed by atoms with Crippen molar-refractivity contribution in [2.75, 3.05) is 5.73 Å². The highest BCUT2D eigenvalue weighted by Gasteiger charge is 2.18. The van der Waals surface area contributed by atoms with E-state index in [1.165, 1.54) is 0 Å².